The third-order valence-electron chi connectivity index (χ3n) is 6.20. The number of hydrogen-bond acceptors (Lipinski definition) is 4. The summed E-state index contributed by atoms with van der Waals surface area (Å²) in [5, 5.41) is 0. The molecule has 1 amide bonds. The molecule has 2 aromatic carbocycles. The number of halogens is 1. The van der Waals surface area contributed by atoms with E-state index >= 15 is 0 Å². The molecule has 2 aliphatic rings. The molecule has 2 aromatic rings. The molecular weight excluding hydrogens is 417 g/mol. The lowest BCUT2D eigenvalue weighted by Gasteiger charge is -2.39. The monoisotopic (exact) mass is 445 g/mol. The Morgan fingerprint density at radius 2 is 1.48 bits per heavy atom. The van der Waals surface area contributed by atoms with Crippen molar-refractivity contribution in [2.45, 2.75) is 18.6 Å². The van der Waals surface area contributed by atoms with Crippen LogP contribution < -0.4 is 4.90 Å². The molecule has 2 saturated heterocycles. The number of sulfonamides is 1. The van der Waals surface area contributed by atoms with Crippen molar-refractivity contribution in [2.24, 2.45) is 5.92 Å². The minimum atomic E-state index is -3.61. The van der Waals surface area contributed by atoms with Crippen molar-refractivity contribution in [3.8, 4) is 0 Å². The number of piperidine rings is 1. The van der Waals surface area contributed by atoms with Crippen LogP contribution >= 0.6 is 0 Å². The van der Waals surface area contributed by atoms with Gasteiger partial charge in [0.25, 0.3) is 0 Å². The van der Waals surface area contributed by atoms with Crippen LogP contribution in [-0.2, 0) is 20.6 Å². The molecule has 0 saturated carbocycles. The average molecular weight is 446 g/mol. The average Bonchev–Trinajstić information content (AvgIpc) is 2.81. The van der Waals surface area contributed by atoms with E-state index in [1.807, 2.05) is 23.1 Å². The molecule has 0 radical (unpaired) electrons. The first-order chi connectivity index (χ1) is 14.9. The molecule has 0 aliphatic carbocycles. The number of anilines is 1. The molecule has 0 spiro atoms. The van der Waals surface area contributed by atoms with Crippen LogP contribution in [0, 0.1) is 11.7 Å². The van der Waals surface area contributed by atoms with Gasteiger partial charge in [-0.25, -0.2) is 17.1 Å². The van der Waals surface area contributed by atoms with E-state index in [0.29, 0.717) is 39.0 Å². The molecular formula is C23H28FN3O3S. The minimum absolute atomic E-state index is 0.124. The maximum Gasteiger partial charge on any atom is 0.225 e. The molecule has 6 nitrogen and oxygen atoms in total. The molecule has 0 atom stereocenters. The number of para-hydroxylation sites is 1. The topological polar surface area (TPSA) is 60.9 Å². The number of nitrogens with zero attached hydrogens (tertiary/aromatic N) is 3. The van der Waals surface area contributed by atoms with E-state index in [9.17, 15) is 17.6 Å². The third-order valence-corrected chi connectivity index (χ3v) is 8.03. The van der Waals surface area contributed by atoms with Crippen LogP contribution in [0.1, 0.15) is 18.4 Å². The van der Waals surface area contributed by atoms with Gasteiger partial charge in [0.05, 0.1) is 5.75 Å². The van der Waals surface area contributed by atoms with E-state index in [4.69, 9.17) is 0 Å². The maximum atomic E-state index is 13.9. The Kier molecular flexibility index (Phi) is 6.57. The zero-order valence-electron chi connectivity index (χ0n) is 17.5. The molecule has 31 heavy (non-hydrogen) atoms. The van der Waals surface area contributed by atoms with Crippen LogP contribution in [0.3, 0.4) is 0 Å². The molecule has 2 aliphatic heterocycles. The van der Waals surface area contributed by atoms with Crippen LogP contribution in [0.15, 0.2) is 54.6 Å². The van der Waals surface area contributed by atoms with Crippen LogP contribution in [0.4, 0.5) is 10.1 Å². The first kappa shape index (κ1) is 21.8. The second-order valence-corrected chi connectivity index (χ2v) is 10.1. The van der Waals surface area contributed by atoms with E-state index in [0.717, 1.165) is 13.1 Å². The minimum Gasteiger partial charge on any atom is -0.368 e. The third kappa shape index (κ3) is 5.07. The highest BCUT2D eigenvalue weighted by Gasteiger charge is 2.34. The number of hydrogen-bond donors (Lipinski definition) is 0. The first-order valence-corrected chi connectivity index (χ1v) is 12.3. The standard InChI is InChI=1S/C23H28FN3O3S/c24-22-9-5-4-6-20(22)18-31(29,30)27-12-10-19(11-13-27)23(28)26-16-14-25(15-17-26)21-7-2-1-3-8-21/h1-9,19H,10-18H2. The summed E-state index contributed by atoms with van der Waals surface area (Å²) in [6.07, 6.45) is 1.02. The van der Waals surface area contributed by atoms with Crippen LogP contribution in [-0.4, -0.2) is 62.8 Å². The summed E-state index contributed by atoms with van der Waals surface area (Å²) < 4.78 is 40.7. The predicted octanol–water partition coefficient (Wildman–Crippen LogP) is 2.72. The molecule has 0 aromatic heterocycles. The van der Waals surface area contributed by atoms with E-state index < -0.39 is 15.8 Å². The molecule has 0 bridgehead atoms. The van der Waals surface area contributed by atoms with Crippen molar-refractivity contribution in [2.75, 3.05) is 44.2 Å². The summed E-state index contributed by atoms with van der Waals surface area (Å²) in [5.74, 6) is -0.882. The Balaban J connectivity index is 1.29. The molecule has 0 N–H and O–H groups in total. The lowest BCUT2D eigenvalue weighted by Crippen LogP contribution is -2.52. The van der Waals surface area contributed by atoms with E-state index in [-0.39, 0.29) is 23.1 Å². The normalized spacial score (nSPS) is 18.9. The number of carbonyl (C=O) groups is 1. The van der Waals surface area contributed by atoms with Gasteiger partial charge >= 0.3 is 0 Å². The van der Waals surface area contributed by atoms with Gasteiger partial charge in [0.1, 0.15) is 5.82 Å². The molecule has 2 fully saturated rings. The Hall–Kier alpha value is -2.45. The zero-order chi connectivity index (χ0) is 21.8. The van der Waals surface area contributed by atoms with Crippen LogP contribution in [0.5, 0.6) is 0 Å². The van der Waals surface area contributed by atoms with Gasteiger partial charge in [-0.2, -0.15) is 0 Å². The van der Waals surface area contributed by atoms with Gasteiger partial charge in [-0.15, -0.1) is 0 Å². The molecule has 4 rings (SSSR count). The fourth-order valence-corrected chi connectivity index (χ4v) is 5.94. The Morgan fingerprint density at radius 1 is 0.871 bits per heavy atom. The number of carbonyl (C=O) groups excluding carboxylic acids is 1. The van der Waals surface area contributed by atoms with Crippen molar-refractivity contribution in [3.05, 3.63) is 66.0 Å². The lowest BCUT2D eigenvalue weighted by molar-refractivity contribution is -0.137. The molecule has 2 heterocycles. The van der Waals surface area contributed by atoms with Crippen molar-refractivity contribution in [3.63, 3.8) is 0 Å². The Bertz CT molecular complexity index is 1000. The van der Waals surface area contributed by atoms with Crippen LogP contribution in [0.2, 0.25) is 0 Å². The zero-order valence-corrected chi connectivity index (χ0v) is 18.3. The fraction of sp³-hybridized carbons (Fsp3) is 0.435. The number of rotatable bonds is 5. The summed E-state index contributed by atoms with van der Waals surface area (Å²) in [6.45, 7) is 3.56. The SMILES string of the molecule is O=C(C1CCN(S(=O)(=O)Cc2ccccc2F)CC1)N1CCN(c2ccccc2)CC1. The highest BCUT2D eigenvalue weighted by atomic mass is 32.2. The van der Waals surface area contributed by atoms with Crippen molar-refractivity contribution < 1.29 is 17.6 Å². The van der Waals surface area contributed by atoms with Crippen LogP contribution in [0.25, 0.3) is 0 Å². The second kappa shape index (κ2) is 9.36. The van der Waals surface area contributed by atoms with Gasteiger partial charge in [0, 0.05) is 56.4 Å². The van der Waals surface area contributed by atoms with Gasteiger partial charge in [-0.3, -0.25) is 4.79 Å². The summed E-state index contributed by atoms with van der Waals surface area (Å²) >= 11 is 0. The summed E-state index contributed by atoms with van der Waals surface area (Å²) in [5.41, 5.74) is 1.35. The predicted molar refractivity (Wildman–Crippen MR) is 119 cm³/mol. The lowest BCUT2D eigenvalue weighted by atomic mass is 9.96. The van der Waals surface area contributed by atoms with E-state index in [1.165, 1.54) is 22.1 Å². The summed E-state index contributed by atoms with van der Waals surface area (Å²) in [4.78, 5) is 17.2. The number of amides is 1. The fourth-order valence-electron chi connectivity index (χ4n) is 4.37. The highest BCUT2D eigenvalue weighted by molar-refractivity contribution is 7.88. The van der Waals surface area contributed by atoms with Gasteiger partial charge in [-0.1, -0.05) is 36.4 Å². The van der Waals surface area contributed by atoms with Gasteiger partial charge in [-0.05, 0) is 31.0 Å². The summed E-state index contributed by atoms with van der Waals surface area (Å²) in [6, 6.07) is 16.1. The number of benzene rings is 2. The van der Waals surface area contributed by atoms with Gasteiger partial charge < -0.3 is 9.80 Å². The van der Waals surface area contributed by atoms with E-state index in [1.54, 1.807) is 12.1 Å². The largest absolute Gasteiger partial charge is 0.368 e. The van der Waals surface area contributed by atoms with Crippen molar-refractivity contribution in [1.29, 1.82) is 0 Å². The van der Waals surface area contributed by atoms with Gasteiger partial charge in [0.15, 0.2) is 0 Å². The molecule has 166 valence electrons. The Labute approximate surface area is 183 Å². The summed E-state index contributed by atoms with van der Waals surface area (Å²) in [7, 11) is -3.61. The first-order valence-electron chi connectivity index (χ1n) is 10.7. The molecule has 0 unspecified atom stereocenters. The van der Waals surface area contributed by atoms with Crippen molar-refractivity contribution in [1.82, 2.24) is 9.21 Å². The van der Waals surface area contributed by atoms with E-state index in [2.05, 4.69) is 17.0 Å². The highest BCUT2D eigenvalue weighted by Crippen LogP contribution is 2.25. The second-order valence-electron chi connectivity index (χ2n) is 8.17. The quantitative estimate of drug-likeness (QED) is 0.710. The Morgan fingerprint density at radius 3 is 2.13 bits per heavy atom. The smallest absolute Gasteiger partial charge is 0.225 e. The maximum absolute atomic E-state index is 13.9. The van der Waals surface area contributed by atoms with Crippen molar-refractivity contribution >= 4 is 21.6 Å². The molecule has 8 heteroatoms. The van der Waals surface area contributed by atoms with Gasteiger partial charge in [0.2, 0.25) is 15.9 Å². The number of piperazine rings is 1.